The van der Waals surface area contributed by atoms with E-state index in [0.29, 0.717) is 16.0 Å². The number of rotatable bonds is 9. The van der Waals surface area contributed by atoms with Crippen molar-refractivity contribution in [3.8, 4) is 16.9 Å². The van der Waals surface area contributed by atoms with Crippen LogP contribution in [0.5, 0.6) is 5.75 Å². The monoisotopic (exact) mass is 738 g/mol. The zero-order valence-electron chi connectivity index (χ0n) is 28.5. The molecule has 53 heavy (non-hydrogen) atoms. The molecule has 2 aliphatic rings. The summed E-state index contributed by atoms with van der Waals surface area (Å²) in [4.78, 5) is 79.2. The molecular weight excluding hydrogens is 701 g/mol. The van der Waals surface area contributed by atoms with Gasteiger partial charge in [0.05, 0.1) is 0 Å². The fraction of sp³-hybridized carbons (Fsp3) is 0.231. The van der Waals surface area contributed by atoms with Gasteiger partial charge in [0.1, 0.15) is 29.9 Å². The lowest BCUT2D eigenvalue weighted by atomic mass is 9.99. The second-order valence-electron chi connectivity index (χ2n) is 12.4. The van der Waals surface area contributed by atoms with Gasteiger partial charge in [0.2, 0.25) is 17.7 Å². The van der Waals surface area contributed by atoms with Crippen molar-refractivity contribution < 1.29 is 43.7 Å². The lowest BCUT2D eigenvalue weighted by Gasteiger charge is -2.26. The lowest BCUT2D eigenvalue weighted by Crippen LogP contribution is -2.58. The third kappa shape index (κ3) is 10.6. The highest BCUT2D eigenvalue weighted by Gasteiger charge is 2.33. The predicted octanol–water partition coefficient (Wildman–Crippen LogP) is 3.19. The maximum absolute atomic E-state index is 14.1. The molecule has 2 bridgehead atoms. The number of ether oxygens (including phenoxy) is 1. The molecule has 6 N–H and O–H groups in total. The minimum absolute atomic E-state index is 0.0686. The number of amides is 4. The minimum Gasteiger partial charge on any atom is -0.484 e. The molecule has 0 fully saturated rings. The molecule has 4 amide bonds. The van der Waals surface area contributed by atoms with Crippen molar-refractivity contribution in [2.75, 3.05) is 6.61 Å². The third-order valence-corrected chi connectivity index (χ3v) is 9.46. The first kappa shape index (κ1) is 38.0. The second kappa shape index (κ2) is 17.8. The molecule has 1 aromatic heterocycles. The van der Waals surface area contributed by atoms with Gasteiger partial charge in [-0.25, -0.2) is 4.79 Å². The average Bonchev–Trinajstić information content (AvgIpc) is 3.70. The van der Waals surface area contributed by atoms with Crippen molar-refractivity contribution >= 4 is 52.5 Å². The fourth-order valence-electron chi connectivity index (χ4n) is 5.67. The van der Waals surface area contributed by atoms with Crippen LogP contribution < -0.4 is 26.0 Å². The van der Waals surface area contributed by atoms with Gasteiger partial charge in [-0.1, -0.05) is 79.4 Å². The van der Waals surface area contributed by atoms with E-state index in [1.54, 1.807) is 41.8 Å². The molecule has 0 radical (unpaired) electrons. The minimum atomic E-state index is -1.48. The Bertz CT molecular complexity index is 1950. The molecular formula is C39H38N4O9S. The molecule has 4 aromatic rings. The molecule has 6 rings (SSSR count). The van der Waals surface area contributed by atoms with Crippen molar-refractivity contribution in [1.29, 1.82) is 0 Å². The molecule has 14 heteroatoms. The summed E-state index contributed by atoms with van der Waals surface area (Å²) in [6.45, 7) is 3.59. The van der Waals surface area contributed by atoms with Crippen LogP contribution in [0.4, 0.5) is 0 Å². The highest BCUT2D eigenvalue weighted by molar-refractivity contribution is 7.11. The Kier molecular flexibility index (Phi) is 12.7. The first-order valence-corrected chi connectivity index (χ1v) is 17.6. The van der Waals surface area contributed by atoms with Crippen LogP contribution in [-0.2, 0) is 41.6 Å². The molecule has 3 heterocycles. The van der Waals surface area contributed by atoms with Gasteiger partial charge in [0.15, 0.2) is 6.61 Å². The van der Waals surface area contributed by atoms with Gasteiger partial charge in [-0.2, -0.15) is 0 Å². The van der Waals surface area contributed by atoms with Gasteiger partial charge in [-0.05, 0) is 57.8 Å². The molecule has 2 aliphatic heterocycles. The summed E-state index contributed by atoms with van der Waals surface area (Å²) in [6, 6.07) is 21.0. The van der Waals surface area contributed by atoms with Gasteiger partial charge >= 0.3 is 11.9 Å². The number of fused-ring (bicyclic) bond motifs is 16. The van der Waals surface area contributed by atoms with E-state index >= 15 is 0 Å². The number of carboxylic acid groups (broad SMARTS) is 2. The zero-order valence-corrected chi connectivity index (χ0v) is 29.3. The van der Waals surface area contributed by atoms with Crippen LogP contribution in [0, 0.1) is 0 Å². The van der Waals surface area contributed by atoms with E-state index in [9.17, 15) is 39.0 Å². The predicted molar refractivity (Wildman–Crippen MR) is 197 cm³/mol. The largest absolute Gasteiger partial charge is 0.484 e. The van der Waals surface area contributed by atoms with Crippen LogP contribution >= 0.6 is 11.3 Å². The van der Waals surface area contributed by atoms with Crippen LogP contribution in [0.2, 0.25) is 0 Å². The molecule has 0 spiro atoms. The Morgan fingerprint density at radius 3 is 2.06 bits per heavy atom. The van der Waals surface area contributed by atoms with Gasteiger partial charge < -0.3 is 36.2 Å². The van der Waals surface area contributed by atoms with E-state index in [1.807, 2.05) is 42.5 Å². The summed E-state index contributed by atoms with van der Waals surface area (Å²) in [5.74, 6) is -5.50. The SMILES string of the molecule is C=C(c1cccs1)C1NC(=O)COc2ccc(cc2)CC(C(=O)O)NC(=O)C(CCC(=O)O)NC(=O)C(Cc2ccc(-c3ccccc3)cc2)NC1=O. The number of carboxylic acids is 2. The van der Waals surface area contributed by atoms with Crippen LogP contribution in [0.3, 0.4) is 0 Å². The molecule has 13 nitrogen and oxygen atoms in total. The van der Waals surface area contributed by atoms with Gasteiger partial charge in [0, 0.05) is 24.1 Å². The third-order valence-electron chi connectivity index (χ3n) is 8.52. The molecule has 0 saturated heterocycles. The Balaban J connectivity index is 1.50. The molecule has 274 valence electrons. The van der Waals surface area contributed by atoms with Crippen LogP contribution in [0.15, 0.2) is 103 Å². The zero-order chi connectivity index (χ0) is 37.9. The number of carbonyl (C=O) groups excluding carboxylic acids is 4. The maximum Gasteiger partial charge on any atom is 0.326 e. The maximum atomic E-state index is 14.1. The highest BCUT2D eigenvalue weighted by Crippen LogP contribution is 2.23. The first-order valence-electron chi connectivity index (χ1n) is 16.7. The van der Waals surface area contributed by atoms with E-state index < -0.39 is 72.8 Å². The highest BCUT2D eigenvalue weighted by atomic mass is 32.1. The number of benzene rings is 3. The number of nitrogens with one attached hydrogen (secondary N) is 4. The number of hydrogen-bond donors (Lipinski definition) is 6. The van der Waals surface area contributed by atoms with E-state index in [-0.39, 0.29) is 30.6 Å². The summed E-state index contributed by atoms with van der Waals surface area (Å²) < 4.78 is 5.63. The summed E-state index contributed by atoms with van der Waals surface area (Å²) in [6.07, 6.45) is -1.11. The normalized spacial score (nSPS) is 19.9. The first-order chi connectivity index (χ1) is 25.5. The van der Waals surface area contributed by atoms with Gasteiger partial charge in [-0.15, -0.1) is 11.3 Å². The summed E-state index contributed by atoms with van der Waals surface area (Å²) in [7, 11) is 0. The van der Waals surface area contributed by atoms with Crippen molar-refractivity contribution in [3.05, 3.63) is 119 Å². The summed E-state index contributed by atoms with van der Waals surface area (Å²) >= 11 is 1.30. The Hall–Kier alpha value is -6.28. The Morgan fingerprint density at radius 1 is 0.755 bits per heavy atom. The molecule has 3 aromatic carbocycles. The van der Waals surface area contributed by atoms with Crippen molar-refractivity contribution in [3.63, 3.8) is 0 Å². The van der Waals surface area contributed by atoms with Crippen molar-refractivity contribution in [2.45, 2.75) is 49.9 Å². The number of thiophene rings is 1. The van der Waals surface area contributed by atoms with Crippen molar-refractivity contribution in [1.82, 2.24) is 21.3 Å². The van der Waals surface area contributed by atoms with E-state index in [1.165, 1.54) is 23.5 Å². The summed E-state index contributed by atoms with van der Waals surface area (Å²) in [5, 5.41) is 31.5. The van der Waals surface area contributed by atoms with Gasteiger partial charge in [0.25, 0.3) is 5.91 Å². The molecule has 0 aliphatic carbocycles. The van der Waals surface area contributed by atoms with E-state index in [0.717, 1.165) is 11.1 Å². The van der Waals surface area contributed by atoms with Crippen molar-refractivity contribution in [2.24, 2.45) is 0 Å². The molecule has 4 unspecified atom stereocenters. The molecule has 0 saturated carbocycles. The average molecular weight is 739 g/mol. The summed E-state index contributed by atoms with van der Waals surface area (Å²) in [5.41, 5.74) is 3.28. The van der Waals surface area contributed by atoms with Crippen LogP contribution in [0.25, 0.3) is 16.7 Å². The number of carbonyl (C=O) groups is 6. The second-order valence-corrected chi connectivity index (χ2v) is 13.3. The standard InChI is InChI=1S/C39H38N4O9S/c1-23(32-8-5-19-53-32)35-38(49)41-30(20-24-9-13-27(14-10-24)26-6-3-2-4-7-26)37(48)40-29(17-18-34(45)46)36(47)42-31(39(50)51)21-25-11-15-28(16-12-25)52-22-33(44)43-35/h2-16,19,29-31,35H,1,17-18,20-22H2,(H,40,48)(H,41,49)(H,42,47)(H,43,44)(H,45,46)(H,50,51). The lowest BCUT2D eigenvalue weighted by molar-refractivity contribution is -0.143. The Morgan fingerprint density at radius 2 is 1.42 bits per heavy atom. The van der Waals surface area contributed by atoms with Gasteiger partial charge in [-0.3, -0.25) is 24.0 Å². The fourth-order valence-corrected chi connectivity index (χ4v) is 6.40. The Labute approximate surface area is 309 Å². The van der Waals surface area contributed by atoms with E-state index in [4.69, 9.17) is 4.74 Å². The smallest absolute Gasteiger partial charge is 0.326 e. The van der Waals surface area contributed by atoms with E-state index in [2.05, 4.69) is 27.8 Å². The van der Waals surface area contributed by atoms with Crippen LogP contribution in [0.1, 0.15) is 28.8 Å². The number of hydrogen-bond acceptors (Lipinski definition) is 8. The quantitative estimate of drug-likeness (QED) is 0.140. The topological polar surface area (TPSA) is 200 Å². The van der Waals surface area contributed by atoms with Crippen LogP contribution in [-0.4, -0.2) is 76.6 Å². The molecule has 4 atom stereocenters. The number of aliphatic carboxylic acids is 2.